The van der Waals surface area contributed by atoms with E-state index in [0.29, 0.717) is 11.3 Å². The molecule has 0 saturated heterocycles. The number of nitro benzene ring substituents is 1. The van der Waals surface area contributed by atoms with Crippen LogP contribution in [0.4, 0.5) is 5.69 Å². The summed E-state index contributed by atoms with van der Waals surface area (Å²) in [6.45, 7) is 0. The Balaban J connectivity index is 3.15. The van der Waals surface area contributed by atoms with Crippen molar-refractivity contribution in [1.82, 2.24) is 0 Å². The highest BCUT2D eigenvalue weighted by Gasteiger charge is 2.15. The number of benzene rings is 1. The lowest BCUT2D eigenvalue weighted by Crippen LogP contribution is -2.13. The Kier molecular flexibility index (Phi) is 3.22. The van der Waals surface area contributed by atoms with Crippen molar-refractivity contribution in [3.63, 3.8) is 0 Å². The zero-order valence-corrected chi connectivity index (χ0v) is 8.19. The van der Waals surface area contributed by atoms with E-state index in [0.717, 1.165) is 0 Å². The van der Waals surface area contributed by atoms with Crippen LogP contribution in [0.5, 0.6) is 5.75 Å². The van der Waals surface area contributed by atoms with Crippen LogP contribution in [0, 0.1) is 15.5 Å². The number of nitrogens with one attached hydrogen (secondary N) is 1. The maximum Gasteiger partial charge on any atom is 0.276 e. The van der Waals surface area contributed by atoms with Gasteiger partial charge in [0.05, 0.1) is 23.9 Å². The normalized spacial score (nSPS) is 9.67. The van der Waals surface area contributed by atoms with Gasteiger partial charge in [-0.15, -0.1) is 0 Å². The molecule has 0 amide bonds. The van der Waals surface area contributed by atoms with Gasteiger partial charge in [-0.2, -0.15) is 0 Å². The third-order valence-corrected chi connectivity index (χ3v) is 1.87. The van der Waals surface area contributed by atoms with E-state index in [9.17, 15) is 10.1 Å². The predicted octanol–water partition coefficient (Wildman–Crippen LogP) is 1.08. The van der Waals surface area contributed by atoms with E-state index in [4.69, 9.17) is 15.9 Å². The van der Waals surface area contributed by atoms with Crippen molar-refractivity contribution < 1.29 is 9.66 Å². The summed E-state index contributed by atoms with van der Waals surface area (Å²) in [5.74, 6) is 0.303. The minimum absolute atomic E-state index is 0.0697. The standard InChI is InChI=1S/C9H11N3O3/c1-15-7-3-2-6(4-9(10)11)8(5-7)12(13)14/h2-3,5H,4H2,1H3,(H3,10,11). The molecule has 0 unspecified atom stereocenters. The molecule has 6 nitrogen and oxygen atoms in total. The molecule has 6 heteroatoms. The maximum atomic E-state index is 10.7. The van der Waals surface area contributed by atoms with Gasteiger partial charge in [0.25, 0.3) is 5.69 Å². The van der Waals surface area contributed by atoms with Crippen molar-refractivity contribution in [3.05, 3.63) is 33.9 Å². The molecule has 0 atom stereocenters. The predicted molar refractivity (Wildman–Crippen MR) is 55.3 cm³/mol. The SMILES string of the molecule is COc1ccc(CC(=N)N)c([N+](=O)[O-])c1. The van der Waals surface area contributed by atoms with Crippen molar-refractivity contribution in [2.75, 3.05) is 7.11 Å². The second-order valence-corrected chi connectivity index (χ2v) is 2.95. The Morgan fingerprint density at radius 3 is 2.80 bits per heavy atom. The van der Waals surface area contributed by atoms with Crippen LogP contribution in [-0.2, 0) is 6.42 Å². The van der Waals surface area contributed by atoms with Crippen LogP contribution >= 0.6 is 0 Å². The van der Waals surface area contributed by atoms with Crippen LogP contribution in [0.2, 0.25) is 0 Å². The number of nitrogens with two attached hydrogens (primary N) is 1. The molecule has 0 aliphatic rings. The quantitative estimate of drug-likeness (QED) is 0.335. The number of methoxy groups -OCH3 is 1. The van der Waals surface area contributed by atoms with Crippen molar-refractivity contribution >= 4 is 11.5 Å². The van der Waals surface area contributed by atoms with E-state index in [2.05, 4.69) is 0 Å². The van der Waals surface area contributed by atoms with Crippen molar-refractivity contribution in [2.24, 2.45) is 5.73 Å². The largest absolute Gasteiger partial charge is 0.497 e. The van der Waals surface area contributed by atoms with E-state index in [-0.39, 0.29) is 17.9 Å². The van der Waals surface area contributed by atoms with E-state index in [1.54, 1.807) is 12.1 Å². The Labute approximate surface area is 86.3 Å². The molecule has 0 spiro atoms. The van der Waals surface area contributed by atoms with Crippen LogP contribution in [0.3, 0.4) is 0 Å². The Morgan fingerprint density at radius 2 is 2.33 bits per heavy atom. The number of hydrogen-bond donors (Lipinski definition) is 2. The first-order valence-electron chi connectivity index (χ1n) is 4.18. The van der Waals surface area contributed by atoms with Gasteiger partial charge < -0.3 is 10.5 Å². The summed E-state index contributed by atoms with van der Waals surface area (Å²) in [5, 5.41) is 17.8. The summed E-state index contributed by atoms with van der Waals surface area (Å²) in [7, 11) is 1.43. The fourth-order valence-electron chi connectivity index (χ4n) is 1.20. The fraction of sp³-hybridized carbons (Fsp3) is 0.222. The number of nitro groups is 1. The summed E-state index contributed by atoms with van der Waals surface area (Å²) < 4.78 is 4.88. The van der Waals surface area contributed by atoms with E-state index >= 15 is 0 Å². The summed E-state index contributed by atoms with van der Waals surface area (Å²) in [4.78, 5) is 10.2. The Hall–Kier alpha value is -2.11. The van der Waals surface area contributed by atoms with Gasteiger partial charge in [0.15, 0.2) is 0 Å². The van der Waals surface area contributed by atoms with Gasteiger partial charge in [-0.05, 0) is 12.1 Å². The van der Waals surface area contributed by atoms with Gasteiger partial charge >= 0.3 is 0 Å². The van der Waals surface area contributed by atoms with Gasteiger partial charge in [0.1, 0.15) is 5.75 Å². The molecule has 3 N–H and O–H groups in total. The molecule has 1 aromatic carbocycles. The summed E-state index contributed by atoms with van der Waals surface area (Å²) >= 11 is 0. The van der Waals surface area contributed by atoms with Gasteiger partial charge in [-0.1, -0.05) is 0 Å². The smallest absolute Gasteiger partial charge is 0.276 e. The van der Waals surface area contributed by atoms with Gasteiger partial charge in [-0.3, -0.25) is 15.5 Å². The van der Waals surface area contributed by atoms with Crippen LogP contribution in [0.1, 0.15) is 5.56 Å². The first kappa shape index (κ1) is 11.0. The number of rotatable bonds is 4. The van der Waals surface area contributed by atoms with Crippen molar-refractivity contribution in [1.29, 1.82) is 5.41 Å². The molecule has 1 rings (SSSR count). The lowest BCUT2D eigenvalue weighted by Gasteiger charge is -2.04. The minimum Gasteiger partial charge on any atom is -0.497 e. The molecule has 0 fully saturated rings. The number of amidine groups is 1. The third kappa shape index (κ3) is 2.67. The molecule has 0 radical (unpaired) electrons. The maximum absolute atomic E-state index is 10.7. The van der Waals surface area contributed by atoms with Crippen LogP contribution < -0.4 is 10.5 Å². The van der Waals surface area contributed by atoms with Gasteiger partial charge in [0.2, 0.25) is 0 Å². The molecule has 0 heterocycles. The highest BCUT2D eigenvalue weighted by atomic mass is 16.6. The van der Waals surface area contributed by atoms with Crippen LogP contribution in [0.15, 0.2) is 18.2 Å². The molecule has 0 aliphatic carbocycles. The van der Waals surface area contributed by atoms with Crippen LogP contribution in [0.25, 0.3) is 0 Å². The second-order valence-electron chi connectivity index (χ2n) is 2.95. The summed E-state index contributed by atoms with van der Waals surface area (Å²) in [5.41, 5.74) is 5.52. The van der Waals surface area contributed by atoms with Crippen LogP contribution in [-0.4, -0.2) is 17.9 Å². The van der Waals surface area contributed by atoms with E-state index < -0.39 is 4.92 Å². The molecule has 15 heavy (non-hydrogen) atoms. The average Bonchev–Trinajstić information content (AvgIpc) is 2.17. The Morgan fingerprint density at radius 1 is 1.67 bits per heavy atom. The number of ether oxygens (including phenoxy) is 1. The number of hydrogen-bond acceptors (Lipinski definition) is 4. The van der Waals surface area contributed by atoms with Crippen molar-refractivity contribution in [3.8, 4) is 5.75 Å². The summed E-state index contributed by atoms with van der Waals surface area (Å²) in [6.07, 6.45) is 0.0697. The van der Waals surface area contributed by atoms with E-state index in [1.807, 2.05) is 0 Å². The lowest BCUT2D eigenvalue weighted by atomic mass is 10.1. The topological polar surface area (TPSA) is 102 Å². The summed E-state index contributed by atoms with van der Waals surface area (Å²) in [6, 6.07) is 4.46. The molecular formula is C9H11N3O3. The Bertz CT molecular complexity index is 404. The highest BCUT2D eigenvalue weighted by Crippen LogP contribution is 2.24. The first-order valence-corrected chi connectivity index (χ1v) is 4.18. The lowest BCUT2D eigenvalue weighted by molar-refractivity contribution is -0.385. The van der Waals surface area contributed by atoms with E-state index in [1.165, 1.54) is 13.2 Å². The monoisotopic (exact) mass is 209 g/mol. The average molecular weight is 209 g/mol. The highest BCUT2D eigenvalue weighted by molar-refractivity contribution is 5.80. The van der Waals surface area contributed by atoms with Gasteiger partial charge in [0, 0.05) is 12.0 Å². The molecule has 0 bridgehead atoms. The second kappa shape index (κ2) is 4.41. The molecule has 0 aliphatic heterocycles. The zero-order chi connectivity index (χ0) is 11.4. The zero-order valence-electron chi connectivity index (χ0n) is 8.19. The fourth-order valence-corrected chi connectivity index (χ4v) is 1.20. The molecular weight excluding hydrogens is 198 g/mol. The molecule has 80 valence electrons. The third-order valence-electron chi connectivity index (χ3n) is 1.87. The molecule has 0 saturated carbocycles. The molecule has 1 aromatic rings. The minimum atomic E-state index is -0.513. The number of nitrogens with zero attached hydrogens (tertiary/aromatic N) is 1. The van der Waals surface area contributed by atoms with Crippen molar-refractivity contribution in [2.45, 2.75) is 6.42 Å². The molecule has 0 aromatic heterocycles. The van der Waals surface area contributed by atoms with Gasteiger partial charge in [-0.25, -0.2) is 0 Å². The first-order chi connectivity index (χ1) is 7.04.